The zero-order valence-corrected chi connectivity index (χ0v) is 18.7. The first-order valence-electron chi connectivity index (χ1n) is 9.05. The number of hydrogen-bond donors (Lipinski definition) is 1. The fraction of sp³-hybridized carbons (Fsp3) is 0.409. The van der Waals surface area contributed by atoms with E-state index in [1.54, 1.807) is 0 Å². The molecule has 0 heterocycles. The topological polar surface area (TPSA) is 38.3 Å². The summed E-state index contributed by atoms with van der Waals surface area (Å²) in [7, 11) is 0. The van der Waals surface area contributed by atoms with E-state index in [-0.39, 0.29) is 11.5 Å². The van der Waals surface area contributed by atoms with Crippen LogP contribution in [0.1, 0.15) is 45.2 Å². The predicted molar refractivity (Wildman–Crippen MR) is 116 cm³/mol. The van der Waals surface area contributed by atoms with Crippen LogP contribution in [0.2, 0.25) is 5.02 Å². The molecule has 2 rings (SSSR count). The molecule has 1 N–H and O–H groups in total. The van der Waals surface area contributed by atoms with Crippen molar-refractivity contribution in [2.24, 2.45) is 0 Å². The summed E-state index contributed by atoms with van der Waals surface area (Å²) in [5.74, 6) is 0. The van der Waals surface area contributed by atoms with Crippen LogP contribution in [0, 0.1) is 0 Å². The van der Waals surface area contributed by atoms with Gasteiger partial charge in [-0.3, -0.25) is 0 Å². The summed E-state index contributed by atoms with van der Waals surface area (Å²) >= 11 is 9.59. The molecule has 3 nitrogen and oxygen atoms in total. The SMILES string of the molecule is CC(C)(C)OC(=O)NCCC(C)(Cc1ccc(Cl)cc1)c1cccc(Br)c1. The molecule has 0 spiro atoms. The number of alkyl carbamates (subject to hydrolysis) is 1. The zero-order valence-electron chi connectivity index (χ0n) is 16.3. The smallest absolute Gasteiger partial charge is 0.407 e. The number of rotatable bonds is 6. The Balaban J connectivity index is 2.14. The molecule has 0 aromatic heterocycles. The molecule has 0 aliphatic carbocycles. The average Bonchev–Trinajstić information content (AvgIpc) is 2.55. The van der Waals surface area contributed by atoms with Gasteiger partial charge in [-0.05, 0) is 74.4 Å². The molecule has 0 aliphatic rings. The Labute approximate surface area is 175 Å². The van der Waals surface area contributed by atoms with E-state index >= 15 is 0 Å². The Bertz CT molecular complexity index is 771. The minimum Gasteiger partial charge on any atom is -0.444 e. The molecule has 27 heavy (non-hydrogen) atoms. The molecular formula is C22H27BrClNO2. The van der Waals surface area contributed by atoms with Crippen LogP contribution in [-0.2, 0) is 16.6 Å². The lowest BCUT2D eigenvalue weighted by molar-refractivity contribution is 0.0524. The number of carbonyl (C=O) groups is 1. The van der Waals surface area contributed by atoms with Gasteiger partial charge in [0.1, 0.15) is 5.60 Å². The first-order chi connectivity index (χ1) is 12.6. The average molecular weight is 453 g/mol. The summed E-state index contributed by atoms with van der Waals surface area (Å²) in [6, 6.07) is 16.3. The maximum atomic E-state index is 12.0. The monoisotopic (exact) mass is 451 g/mol. The standard InChI is InChI=1S/C22H27BrClNO2/c1-21(2,3)27-20(26)25-13-12-22(4,17-6-5-7-18(23)14-17)15-16-8-10-19(24)11-9-16/h5-11,14H,12-13,15H2,1-4H3,(H,25,26). The molecule has 0 fully saturated rings. The second-order valence-corrected chi connectivity index (χ2v) is 9.41. The summed E-state index contributed by atoms with van der Waals surface area (Å²) in [6.07, 6.45) is 1.24. The highest BCUT2D eigenvalue weighted by Gasteiger charge is 2.28. The molecule has 1 atom stereocenters. The highest BCUT2D eigenvalue weighted by atomic mass is 79.9. The third-order valence-electron chi connectivity index (χ3n) is 4.37. The number of nitrogens with one attached hydrogen (secondary N) is 1. The molecule has 0 aliphatic heterocycles. The van der Waals surface area contributed by atoms with Gasteiger partial charge in [-0.15, -0.1) is 0 Å². The molecule has 0 bridgehead atoms. The number of hydrogen-bond acceptors (Lipinski definition) is 2. The molecule has 2 aromatic rings. The highest BCUT2D eigenvalue weighted by molar-refractivity contribution is 9.10. The van der Waals surface area contributed by atoms with Crippen molar-refractivity contribution in [3.63, 3.8) is 0 Å². The minimum atomic E-state index is -0.499. The van der Waals surface area contributed by atoms with Crippen molar-refractivity contribution >= 4 is 33.6 Å². The van der Waals surface area contributed by atoms with E-state index in [4.69, 9.17) is 16.3 Å². The van der Waals surface area contributed by atoms with E-state index in [1.807, 2.05) is 45.0 Å². The largest absolute Gasteiger partial charge is 0.444 e. The Morgan fingerprint density at radius 1 is 1.11 bits per heavy atom. The van der Waals surface area contributed by atoms with Crippen LogP contribution in [0.4, 0.5) is 4.79 Å². The molecule has 0 saturated carbocycles. The summed E-state index contributed by atoms with van der Waals surface area (Å²) in [5, 5.41) is 3.61. The van der Waals surface area contributed by atoms with E-state index in [9.17, 15) is 4.79 Å². The van der Waals surface area contributed by atoms with Crippen LogP contribution in [0.3, 0.4) is 0 Å². The van der Waals surface area contributed by atoms with Gasteiger partial charge in [-0.25, -0.2) is 4.79 Å². The lowest BCUT2D eigenvalue weighted by atomic mass is 9.75. The fourth-order valence-electron chi connectivity index (χ4n) is 3.01. The van der Waals surface area contributed by atoms with Gasteiger partial charge in [-0.2, -0.15) is 0 Å². The second kappa shape index (κ2) is 9.11. The lowest BCUT2D eigenvalue weighted by Crippen LogP contribution is -2.36. The molecule has 2 aromatic carbocycles. The van der Waals surface area contributed by atoms with E-state index in [2.05, 4.69) is 52.4 Å². The van der Waals surface area contributed by atoms with Gasteiger partial charge in [-0.1, -0.05) is 58.7 Å². The number of ether oxygens (including phenoxy) is 1. The van der Waals surface area contributed by atoms with Crippen molar-refractivity contribution in [3.8, 4) is 0 Å². The highest BCUT2D eigenvalue weighted by Crippen LogP contribution is 2.33. The van der Waals surface area contributed by atoms with Crippen LogP contribution in [0.5, 0.6) is 0 Å². The van der Waals surface area contributed by atoms with Gasteiger partial charge < -0.3 is 10.1 Å². The van der Waals surface area contributed by atoms with Crippen LogP contribution >= 0.6 is 27.5 Å². The van der Waals surface area contributed by atoms with Gasteiger partial charge in [0.2, 0.25) is 0 Å². The van der Waals surface area contributed by atoms with Crippen molar-refractivity contribution in [1.29, 1.82) is 0 Å². The fourth-order valence-corrected chi connectivity index (χ4v) is 3.53. The first kappa shape index (κ1) is 21.8. The molecule has 1 unspecified atom stereocenters. The molecule has 5 heteroatoms. The van der Waals surface area contributed by atoms with E-state index < -0.39 is 5.60 Å². The molecule has 0 saturated heterocycles. The van der Waals surface area contributed by atoms with Crippen molar-refractivity contribution in [2.45, 2.75) is 51.6 Å². The first-order valence-corrected chi connectivity index (χ1v) is 10.2. The summed E-state index contributed by atoms with van der Waals surface area (Å²) < 4.78 is 6.38. The normalized spacial score (nSPS) is 13.7. The number of carbonyl (C=O) groups excluding carboxylic acids is 1. The van der Waals surface area contributed by atoms with Crippen molar-refractivity contribution in [3.05, 3.63) is 69.2 Å². The summed E-state index contributed by atoms with van der Waals surface area (Å²) in [4.78, 5) is 12.0. The van der Waals surface area contributed by atoms with Crippen LogP contribution in [0.15, 0.2) is 53.0 Å². The lowest BCUT2D eigenvalue weighted by Gasteiger charge is -2.31. The Kier molecular flexibility index (Phi) is 7.35. The maximum absolute atomic E-state index is 12.0. The van der Waals surface area contributed by atoms with E-state index in [1.165, 1.54) is 11.1 Å². The van der Waals surface area contributed by atoms with Gasteiger partial charge in [0, 0.05) is 16.0 Å². The quantitative estimate of drug-likeness (QED) is 0.542. The van der Waals surface area contributed by atoms with Gasteiger partial charge >= 0.3 is 6.09 Å². The molecular weight excluding hydrogens is 426 g/mol. The zero-order chi connectivity index (χ0) is 20.1. The summed E-state index contributed by atoms with van der Waals surface area (Å²) in [5.41, 5.74) is 1.78. The maximum Gasteiger partial charge on any atom is 0.407 e. The van der Waals surface area contributed by atoms with Gasteiger partial charge in [0.25, 0.3) is 0 Å². The summed E-state index contributed by atoms with van der Waals surface area (Å²) in [6.45, 7) is 8.34. The van der Waals surface area contributed by atoms with Crippen LogP contribution < -0.4 is 5.32 Å². The van der Waals surface area contributed by atoms with Crippen molar-refractivity contribution < 1.29 is 9.53 Å². The second-order valence-electron chi connectivity index (χ2n) is 8.05. The number of benzene rings is 2. The number of halogens is 2. The molecule has 1 amide bonds. The van der Waals surface area contributed by atoms with Crippen LogP contribution in [0.25, 0.3) is 0 Å². The molecule has 146 valence electrons. The van der Waals surface area contributed by atoms with Crippen molar-refractivity contribution in [2.75, 3.05) is 6.54 Å². The Morgan fingerprint density at radius 3 is 2.37 bits per heavy atom. The third-order valence-corrected chi connectivity index (χ3v) is 5.12. The van der Waals surface area contributed by atoms with Crippen molar-refractivity contribution in [1.82, 2.24) is 5.32 Å². The van der Waals surface area contributed by atoms with Gasteiger partial charge in [0.05, 0.1) is 0 Å². The Hall–Kier alpha value is -1.52. The van der Waals surface area contributed by atoms with Crippen LogP contribution in [-0.4, -0.2) is 18.2 Å². The minimum absolute atomic E-state index is 0.146. The molecule has 0 radical (unpaired) electrons. The van der Waals surface area contributed by atoms with Gasteiger partial charge in [0.15, 0.2) is 0 Å². The van der Waals surface area contributed by atoms with E-state index in [0.29, 0.717) is 6.54 Å². The van der Waals surface area contributed by atoms with E-state index in [0.717, 1.165) is 22.3 Å². The Morgan fingerprint density at radius 2 is 1.78 bits per heavy atom. The number of amides is 1. The predicted octanol–water partition coefficient (Wildman–Crippen LogP) is 6.52. The third kappa shape index (κ3) is 7.19.